The van der Waals surface area contributed by atoms with Crippen molar-refractivity contribution in [2.75, 3.05) is 7.05 Å². The lowest BCUT2D eigenvalue weighted by atomic mass is 9.85. The molecule has 112 valence electrons. The van der Waals surface area contributed by atoms with Crippen LogP contribution in [0.4, 0.5) is 0 Å². The lowest BCUT2D eigenvalue weighted by Gasteiger charge is -2.40. The van der Waals surface area contributed by atoms with Gasteiger partial charge in [0.05, 0.1) is 0 Å². The van der Waals surface area contributed by atoms with Crippen molar-refractivity contribution in [2.45, 2.75) is 57.7 Å². The number of nitrogens with two attached hydrogens (primary N) is 1. The zero-order chi connectivity index (χ0) is 14.7. The number of halogens is 1. The minimum absolute atomic E-state index is 0.137. The van der Waals surface area contributed by atoms with Crippen molar-refractivity contribution in [3.63, 3.8) is 0 Å². The molecule has 0 aromatic heterocycles. The predicted molar refractivity (Wildman–Crippen MR) is 89.7 cm³/mol. The minimum Gasteiger partial charge on any atom is -0.326 e. The summed E-state index contributed by atoms with van der Waals surface area (Å²) in [4.78, 5) is 2.52. The highest BCUT2D eigenvalue weighted by atomic mass is 79.9. The number of benzene rings is 1. The van der Waals surface area contributed by atoms with Crippen molar-refractivity contribution in [2.24, 2.45) is 11.7 Å². The van der Waals surface area contributed by atoms with Crippen LogP contribution in [0.5, 0.6) is 0 Å². The molecule has 2 rings (SSSR count). The van der Waals surface area contributed by atoms with E-state index in [1.807, 2.05) is 0 Å². The quantitative estimate of drug-likeness (QED) is 0.884. The molecule has 2 N–H and O–H groups in total. The Labute approximate surface area is 131 Å². The Morgan fingerprint density at radius 1 is 1.25 bits per heavy atom. The molecule has 4 unspecified atom stereocenters. The topological polar surface area (TPSA) is 29.3 Å². The molecule has 0 amide bonds. The molecule has 0 spiro atoms. The first-order valence-corrected chi connectivity index (χ1v) is 8.51. The van der Waals surface area contributed by atoms with Crippen LogP contribution >= 0.6 is 15.9 Å². The molecule has 1 aliphatic rings. The van der Waals surface area contributed by atoms with Crippen molar-refractivity contribution in [1.29, 1.82) is 0 Å². The Bertz CT molecular complexity index is 416. The standard InChI is InChI=1S/C17H27BrN2/c1-12-5-4-6-16(11-12)20(3)17(13(2)19)14-7-9-15(18)10-8-14/h7-10,12-13,16-17H,4-6,11,19H2,1-3H3. The van der Waals surface area contributed by atoms with Gasteiger partial charge >= 0.3 is 0 Å². The van der Waals surface area contributed by atoms with E-state index in [-0.39, 0.29) is 6.04 Å². The van der Waals surface area contributed by atoms with Gasteiger partial charge < -0.3 is 5.73 Å². The average Bonchev–Trinajstić information content (AvgIpc) is 2.41. The summed E-state index contributed by atoms with van der Waals surface area (Å²) < 4.78 is 1.12. The summed E-state index contributed by atoms with van der Waals surface area (Å²) in [7, 11) is 2.25. The van der Waals surface area contributed by atoms with E-state index in [2.05, 4.69) is 66.0 Å². The van der Waals surface area contributed by atoms with Crippen LogP contribution in [-0.2, 0) is 0 Å². The summed E-state index contributed by atoms with van der Waals surface area (Å²) in [6.45, 7) is 4.50. The first-order chi connectivity index (χ1) is 9.49. The van der Waals surface area contributed by atoms with Gasteiger partial charge in [0.25, 0.3) is 0 Å². The van der Waals surface area contributed by atoms with Crippen LogP contribution in [0.3, 0.4) is 0 Å². The van der Waals surface area contributed by atoms with Crippen LogP contribution in [0.2, 0.25) is 0 Å². The Balaban J connectivity index is 2.17. The summed E-state index contributed by atoms with van der Waals surface area (Å²) in [5.74, 6) is 0.842. The number of rotatable bonds is 4. The maximum atomic E-state index is 6.30. The van der Waals surface area contributed by atoms with Gasteiger partial charge in [-0.1, -0.05) is 47.8 Å². The van der Waals surface area contributed by atoms with Gasteiger partial charge in [0.2, 0.25) is 0 Å². The molecular formula is C17H27BrN2. The van der Waals surface area contributed by atoms with E-state index in [0.717, 1.165) is 10.4 Å². The summed E-state index contributed by atoms with van der Waals surface area (Å²) in [5, 5.41) is 0. The monoisotopic (exact) mass is 338 g/mol. The number of hydrogen-bond acceptors (Lipinski definition) is 2. The maximum Gasteiger partial charge on any atom is 0.0496 e. The first kappa shape index (κ1) is 16.0. The third-order valence-electron chi connectivity index (χ3n) is 4.63. The van der Waals surface area contributed by atoms with E-state index in [1.54, 1.807) is 0 Å². The molecule has 4 atom stereocenters. The molecule has 1 aliphatic carbocycles. The van der Waals surface area contributed by atoms with Crippen LogP contribution in [-0.4, -0.2) is 24.0 Å². The molecule has 0 bridgehead atoms. The van der Waals surface area contributed by atoms with E-state index < -0.39 is 0 Å². The maximum absolute atomic E-state index is 6.30. The molecule has 0 saturated heterocycles. The fraction of sp³-hybridized carbons (Fsp3) is 0.647. The van der Waals surface area contributed by atoms with Gasteiger partial charge in [-0.15, -0.1) is 0 Å². The zero-order valence-corrected chi connectivity index (χ0v) is 14.4. The number of likely N-dealkylation sites (N-methyl/N-ethyl adjacent to an activating group) is 1. The second-order valence-corrected chi connectivity index (χ2v) is 7.36. The second kappa shape index (κ2) is 7.06. The number of hydrogen-bond donors (Lipinski definition) is 1. The normalized spacial score (nSPS) is 26.5. The summed E-state index contributed by atoms with van der Waals surface area (Å²) >= 11 is 3.51. The van der Waals surface area contributed by atoms with Crippen molar-refractivity contribution in [3.05, 3.63) is 34.3 Å². The van der Waals surface area contributed by atoms with Crippen molar-refractivity contribution < 1.29 is 0 Å². The summed E-state index contributed by atoms with van der Waals surface area (Å²) in [5.41, 5.74) is 7.62. The fourth-order valence-corrected chi connectivity index (χ4v) is 3.83. The molecular weight excluding hydrogens is 312 g/mol. The average molecular weight is 339 g/mol. The van der Waals surface area contributed by atoms with E-state index in [0.29, 0.717) is 12.1 Å². The van der Waals surface area contributed by atoms with E-state index in [4.69, 9.17) is 5.73 Å². The van der Waals surface area contributed by atoms with E-state index in [1.165, 1.54) is 31.2 Å². The highest BCUT2D eigenvalue weighted by Gasteiger charge is 2.29. The highest BCUT2D eigenvalue weighted by Crippen LogP contribution is 2.33. The van der Waals surface area contributed by atoms with Gasteiger partial charge in [0.1, 0.15) is 0 Å². The molecule has 0 radical (unpaired) electrons. The highest BCUT2D eigenvalue weighted by molar-refractivity contribution is 9.10. The van der Waals surface area contributed by atoms with Crippen LogP contribution in [0.1, 0.15) is 51.1 Å². The SMILES string of the molecule is CC1CCCC(N(C)C(c2ccc(Br)cc2)C(C)N)C1. The third-order valence-corrected chi connectivity index (χ3v) is 5.16. The van der Waals surface area contributed by atoms with Crippen LogP contribution in [0.25, 0.3) is 0 Å². The van der Waals surface area contributed by atoms with Gasteiger partial charge in [-0.25, -0.2) is 0 Å². The molecule has 0 heterocycles. The van der Waals surface area contributed by atoms with Crippen LogP contribution < -0.4 is 5.73 Å². The smallest absolute Gasteiger partial charge is 0.0496 e. The first-order valence-electron chi connectivity index (χ1n) is 7.72. The minimum atomic E-state index is 0.137. The molecule has 1 aromatic rings. The van der Waals surface area contributed by atoms with Gasteiger partial charge in [0, 0.05) is 22.6 Å². The zero-order valence-electron chi connectivity index (χ0n) is 12.8. The molecule has 20 heavy (non-hydrogen) atoms. The van der Waals surface area contributed by atoms with Crippen LogP contribution in [0.15, 0.2) is 28.7 Å². The van der Waals surface area contributed by atoms with E-state index in [9.17, 15) is 0 Å². The second-order valence-electron chi connectivity index (χ2n) is 6.45. The van der Waals surface area contributed by atoms with E-state index >= 15 is 0 Å². The lowest BCUT2D eigenvalue weighted by Crippen LogP contribution is -2.44. The van der Waals surface area contributed by atoms with Crippen molar-refractivity contribution in [1.82, 2.24) is 4.90 Å². The summed E-state index contributed by atoms with van der Waals surface area (Å²) in [6, 6.07) is 9.72. The van der Waals surface area contributed by atoms with Crippen molar-refractivity contribution >= 4 is 15.9 Å². The fourth-order valence-electron chi connectivity index (χ4n) is 3.57. The van der Waals surface area contributed by atoms with Gasteiger partial charge in [-0.05, 0) is 50.4 Å². The van der Waals surface area contributed by atoms with Crippen LogP contribution in [0, 0.1) is 5.92 Å². The lowest BCUT2D eigenvalue weighted by molar-refractivity contribution is 0.106. The molecule has 1 aromatic carbocycles. The third kappa shape index (κ3) is 3.84. The molecule has 1 saturated carbocycles. The predicted octanol–water partition coefficient (Wildman–Crippen LogP) is 4.35. The summed E-state index contributed by atoms with van der Waals surface area (Å²) in [6.07, 6.45) is 5.34. The van der Waals surface area contributed by atoms with Gasteiger partial charge in [-0.3, -0.25) is 4.90 Å². The molecule has 1 fully saturated rings. The Morgan fingerprint density at radius 2 is 1.90 bits per heavy atom. The molecule has 3 heteroatoms. The largest absolute Gasteiger partial charge is 0.326 e. The Morgan fingerprint density at radius 3 is 2.45 bits per heavy atom. The Hall–Kier alpha value is -0.380. The molecule has 2 nitrogen and oxygen atoms in total. The van der Waals surface area contributed by atoms with Gasteiger partial charge in [-0.2, -0.15) is 0 Å². The number of nitrogens with zero attached hydrogens (tertiary/aromatic N) is 1. The Kier molecular flexibility index (Phi) is 5.65. The van der Waals surface area contributed by atoms with Crippen molar-refractivity contribution in [3.8, 4) is 0 Å². The van der Waals surface area contributed by atoms with Gasteiger partial charge in [0.15, 0.2) is 0 Å². The molecule has 0 aliphatic heterocycles.